The van der Waals surface area contributed by atoms with E-state index in [0.29, 0.717) is 11.0 Å². The minimum atomic E-state index is 0.329. The maximum atomic E-state index is 9.36. The van der Waals surface area contributed by atoms with Gasteiger partial charge in [0.1, 0.15) is 0 Å². The van der Waals surface area contributed by atoms with E-state index in [1.165, 1.54) is 0 Å². The molecule has 0 heterocycles. The highest BCUT2D eigenvalue weighted by atomic mass is 79.9. The molecule has 0 aliphatic carbocycles. The fraction of sp³-hybridized carbons (Fsp3) is 0.333. The Labute approximate surface area is 44.3 Å². The normalized spacial score (nSPS) is 7.50. The predicted molar refractivity (Wildman–Crippen MR) is 28.7 cm³/mol. The van der Waals surface area contributed by atoms with Crippen LogP contribution in [0.5, 0.6) is 0 Å². The second kappa shape index (κ2) is 3.03. The predicted octanol–water partition coefficient (Wildman–Crippen LogP) is 1.66. The number of rotatable bonds is 2. The van der Waals surface area contributed by atoms with Crippen LogP contribution in [0, 0.1) is 4.91 Å². The van der Waals surface area contributed by atoms with E-state index in [-0.39, 0.29) is 0 Å². The molecule has 0 fully saturated rings. The number of halogens is 1. The molecule has 0 saturated carbocycles. The van der Waals surface area contributed by atoms with Crippen LogP contribution in [0.15, 0.2) is 17.5 Å². The molecule has 0 aromatic carbocycles. The summed E-state index contributed by atoms with van der Waals surface area (Å²) < 4.78 is 0. The van der Waals surface area contributed by atoms with Crippen molar-refractivity contribution in [2.24, 2.45) is 5.18 Å². The molecule has 2 nitrogen and oxygen atoms in total. The Morgan fingerprint density at radius 2 is 2.50 bits per heavy atom. The molecular formula is C3H4BrNO. The minimum Gasteiger partial charge on any atom is -0.145 e. The van der Waals surface area contributed by atoms with Crippen molar-refractivity contribution in [3.8, 4) is 0 Å². The first-order chi connectivity index (χ1) is 2.81. The molecule has 0 bridgehead atoms. The standard InChI is InChI=1S/C3H4BrNO/c1-3(2-4)5-6/h1-2H2. The average Bonchev–Trinajstić information content (AvgIpc) is 1.65. The van der Waals surface area contributed by atoms with Crippen LogP contribution in [0.4, 0.5) is 0 Å². The number of nitrogens with zero attached hydrogens (tertiary/aromatic N) is 1. The van der Waals surface area contributed by atoms with E-state index in [4.69, 9.17) is 0 Å². The monoisotopic (exact) mass is 149 g/mol. The van der Waals surface area contributed by atoms with Crippen LogP contribution in [-0.2, 0) is 0 Å². The lowest BCUT2D eigenvalue weighted by Gasteiger charge is -1.75. The zero-order chi connectivity index (χ0) is 4.99. The quantitative estimate of drug-likeness (QED) is 0.434. The Bertz CT molecular complexity index is 71.2. The van der Waals surface area contributed by atoms with Gasteiger partial charge in [-0.3, -0.25) is 0 Å². The van der Waals surface area contributed by atoms with E-state index in [0.717, 1.165) is 0 Å². The van der Waals surface area contributed by atoms with Crippen LogP contribution >= 0.6 is 15.9 Å². The molecule has 0 spiro atoms. The zero-order valence-electron chi connectivity index (χ0n) is 3.15. The first-order valence-electron chi connectivity index (χ1n) is 1.38. The van der Waals surface area contributed by atoms with E-state index in [2.05, 4.69) is 27.7 Å². The van der Waals surface area contributed by atoms with Gasteiger partial charge in [-0.2, -0.15) is 0 Å². The van der Waals surface area contributed by atoms with Crippen molar-refractivity contribution >= 4 is 15.9 Å². The summed E-state index contributed by atoms with van der Waals surface area (Å²) in [4.78, 5) is 9.36. The van der Waals surface area contributed by atoms with Gasteiger partial charge in [-0.05, 0) is 5.18 Å². The number of nitroso groups, excluding NO2 is 1. The highest BCUT2D eigenvalue weighted by molar-refractivity contribution is 9.09. The fourth-order valence-electron chi connectivity index (χ4n) is 0.0244. The van der Waals surface area contributed by atoms with E-state index in [1.54, 1.807) is 0 Å². The molecule has 34 valence electrons. The van der Waals surface area contributed by atoms with Gasteiger partial charge < -0.3 is 0 Å². The molecule has 0 aliphatic heterocycles. The molecule has 0 aromatic rings. The van der Waals surface area contributed by atoms with Crippen LogP contribution in [-0.4, -0.2) is 5.33 Å². The van der Waals surface area contributed by atoms with Crippen molar-refractivity contribution < 1.29 is 0 Å². The zero-order valence-corrected chi connectivity index (χ0v) is 4.73. The number of alkyl halides is 1. The van der Waals surface area contributed by atoms with E-state index in [9.17, 15) is 4.91 Å². The molecule has 0 atom stereocenters. The van der Waals surface area contributed by atoms with Crippen LogP contribution in [0.25, 0.3) is 0 Å². The molecule has 0 N–H and O–H groups in total. The lowest BCUT2D eigenvalue weighted by atomic mass is 10.6. The molecule has 0 rings (SSSR count). The van der Waals surface area contributed by atoms with Gasteiger partial charge in [-0.25, -0.2) is 0 Å². The van der Waals surface area contributed by atoms with Gasteiger partial charge in [-0.1, -0.05) is 22.5 Å². The Morgan fingerprint density at radius 3 is 2.50 bits per heavy atom. The summed E-state index contributed by atoms with van der Waals surface area (Å²) >= 11 is 2.98. The molecule has 0 unspecified atom stereocenters. The molecule has 3 heteroatoms. The maximum absolute atomic E-state index is 9.36. The van der Waals surface area contributed by atoms with Crippen molar-refractivity contribution in [2.45, 2.75) is 0 Å². The lowest BCUT2D eigenvalue weighted by Crippen LogP contribution is -1.68. The molecule has 0 amide bonds. The Kier molecular flexibility index (Phi) is 2.94. The van der Waals surface area contributed by atoms with Crippen LogP contribution < -0.4 is 0 Å². The van der Waals surface area contributed by atoms with Crippen LogP contribution in [0.1, 0.15) is 0 Å². The molecule has 0 saturated heterocycles. The third-order valence-corrected chi connectivity index (χ3v) is 0.931. The number of hydrogen-bond acceptors (Lipinski definition) is 2. The van der Waals surface area contributed by atoms with Gasteiger partial charge in [0.15, 0.2) is 0 Å². The molecule has 0 aromatic heterocycles. The first-order valence-corrected chi connectivity index (χ1v) is 2.50. The second-order valence-electron chi connectivity index (χ2n) is 0.791. The van der Waals surface area contributed by atoms with Crippen LogP contribution in [0.3, 0.4) is 0 Å². The third-order valence-electron chi connectivity index (χ3n) is 0.283. The molecule has 0 radical (unpaired) electrons. The van der Waals surface area contributed by atoms with Gasteiger partial charge in [0.05, 0.1) is 5.70 Å². The summed E-state index contributed by atoms with van der Waals surface area (Å²) in [6.07, 6.45) is 0. The van der Waals surface area contributed by atoms with Crippen molar-refractivity contribution in [1.29, 1.82) is 0 Å². The summed E-state index contributed by atoms with van der Waals surface area (Å²) in [6, 6.07) is 0. The van der Waals surface area contributed by atoms with Crippen molar-refractivity contribution in [1.82, 2.24) is 0 Å². The first kappa shape index (κ1) is 5.82. The SMILES string of the molecule is C=C(CBr)N=O. The smallest absolute Gasteiger partial charge is 0.0882 e. The Hall–Kier alpha value is -0.180. The number of hydrogen-bond donors (Lipinski definition) is 0. The average molecular weight is 150 g/mol. The van der Waals surface area contributed by atoms with Crippen molar-refractivity contribution in [3.63, 3.8) is 0 Å². The van der Waals surface area contributed by atoms with Gasteiger partial charge >= 0.3 is 0 Å². The summed E-state index contributed by atoms with van der Waals surface area (Å²) in [6.45, 7) is 3.27. The molecule has 0 aliphatic rings. The Balaban J connectivity index is 3.23. The summed E-state index contributed by atoms with van der Waals surface area (Å²) in [5.74, 6) is 0. The van der Waals surface area contributed by atoms with E-state index in [1.807, 2.05) is 0 Å². The second-order valence-corrected chi connectivity index (χ2v) is 1.35. The van der Waals surface area contributed by atoms with E-state index < -0.39 is 0 Å². The molecular weight excluding hydrogens is 146 g/mol. The summed E-state index contributed by atoms with van der Waals surface area (Å²) in [5.41, 5.74) is 0.329. The summed E-state index contributed by atoms with van der Waals surface area (Å²) in [7, 11) is 0. The molecule has 6 heavy (non-hydrogen) atoms. The topological polar surface area (TPSA) is 29.4 Å². The van der Waals surface area contributed by atoms with Crippen molar-refractivity contribution in [2.75, 3.05) is 5.33 Å². The maximum Gasteiger partial charge on any atom is 0.0882 e. The lowest BCUT2D eigenvalue weighted by molar-refractivity contribution is 1.33. The van der Waals surface area contributed by atoms with Crippen molar-refractivity contribution in [3.05, 3.63) is 17.2 Å². The highest BCUT2D eigenvalue weighted by Crippen LogP contribution is 1.93. The number of allylic oxidation sites excluding steroid dienone is 1. The minimum absolute atomic E-state index is 0.329. The van der Waals surface area contributed by atoms with Gasteiger partial charge in [-0.15, -0.1) is 4.91 Å². The van der Waals surface area contributed by atoms with E-state index >= 15 is 0 Å². The van der Waals surface area contributed by atoms with Gasteiger partial charge in [0, 0.05) is 5.33 Å². The Morgan fingerprint density at radius 1 is 2.00 bits per heavy atom. The summed E-state index contributed by atoms with van der Waals surface area (Å²) in [5, 5.41) is 2.98. The fourth-order valence-corrected chi connectivity index (χ4v) is 0.127. The third kappa shape index (κ3) is 2.08. The van der Waals surface area contributed by atoms with Crippen LogP contribution in [0.2, 0.25) is 0 Å². The largest absolute Gasteiger partial charge is 0.145 e. The van der Waals surface area contributed by atoms with Gasteiger partial charge in [0.2, 0.25) is 0 Å². The van der Waals surface area contributed by atoms with Gasteiger partial charge in [0.25, 0.3) is 0 Å². The highest BCUT2D eigenvalue weighted by Gasteiger charge is 1.81.